The largest absolute Gasteiger partial charge is 0.449 e. The second kappa shape index (κ2) is 9.32. The summed E-state index contributed by atoms with van der Waals surface area (Å²) < 4.78 is 27.7. The predicted octanol–water partition coefficient (Wildman–Crippen LogP) is 2.14. The fourth-order valence-corrected chi connectivity index (χ4v) is 3.24. The molecule has 1 N–H and O–H groups in total. The van der Waals surface area contributed by atoms with Gasteiger partial charge < -0.3 is 10.1 Å². The van der Waals surface area contributed by atoms with Crippen molar-refractivity contribution in [2.45, 2.75) is 25.2 Å². The Morgan fingerprint density at radius 1 is 1.00 bits per heavy atom. The van der Waals surface area contributed by atoms with Gasteiger partial charge in [-0.1, -0.05) is 42.5 Å². The molecule has 144 valence electrons. The lowest BCUT2D eigenvalue weighted by atomic mass is 10.1. The molecule has 0 saturated heterocycles. The van der Waals surface area contributed by atoms with E-state index >= 15 is 0 Å². The van der Waals surface area contributed by atoms with Gasteiger partial charge in [0.15, 0.2) is 15.9 Å². The highest BCUT2D eigenvalue weighted by atomic mass is 32.2. The highest BCUT2D eigenvalue weighted by Crippen LogP contribution is 2.10. The number of esters is 1. The third kappa shape index (κ3) is 7.22. The molecule has 0 aliphatic rings. The van der Waals surface area contributed by atoms with Gasteiger partial charge in [0.25, 0.3) is 5.91 Å². The van der Waals surface area contributed by atoms with Crippen molar-refractivity contribution in [3.05, 3.63) is 71.3 Å². The molecule has 0 bridgehead atoms. The minimum Gasteiger partial charge on any atom is -0.449 e. The summed E-state index contributed by atoms with van der Waals surface area (Å²) in [5.74, 6) is -1.10. The standard InChI is InChI=1S/C20H23NO5S/c1-15(19(22)21-13-12-16-6-4-3-5-7-16)26-20(23)18-10-8-17(9-11-18)14-27(2,24)25/h3-11,15H,12-14H2,1-2H3,(H,21,22)/t15-/m1/s1. The van der Waals surface area contributed by atoms with Gasteiger partial charge in [0.1, 0.15) is 0 Å². The lowest BCUT2D eigenvalue weighted by Gasteiger charge is -2.13. The Bertz CT molecular complexity index is 876. The highest BCUT2D eigenvalue weighted by molar-refractivity contribution is 7.89. The minimum absolute atomic E-state index is 0.0947. The summed E-state index contributed by atoms with van der Waals surface area (Å²) in [5.41, 5.74) is 1.95. The summed E-state index contributed by atoms with van der Waals surface area (Å²) >= 11 is 0. The molecule has 0 unspecified atom stereocenters. The topological polar surface area (TPSA) is 89.5 Å². The van der Waals surface area contributed by atoms with Crippen LogP contribution in [-0.2, 0) is 31.5 Å². The van der Waals surface area contributed by atoms with E-state index in [9.17, 15) is 18.0 Å². The maximum absolute atomic E-state index is 12.1. The number of carbonyl (C=O) groups is 2. The Hall–Kier alpha value is -2.67. The zero-order valence-electron chi connectivity index (χ0n) is 15.3. The van der Waals surface area contributed by atoms with Crippen molar-refractivity contribution >= 4 is 21.7 Å². The number of hydrogen-bond donors (Lipinski definition) is 1. The van der Waals surface area contributed by atoms with Crippen LogP contribution >= 0.6 is 0 Å². The van der Waals surface area contributed by atoms with Crippen molar-refractivity contribution in [3.8, 4) is 0 Å². The third-order valence-corrected chi connectivity index (χ3v) is 4.68. The lowest BCUT2D eigenvalue weighted by Crippen LogP contribution is -2.36. The van der Waals surface area contributed by atoms with Crippen LogP contribution in [0.4, 0.5) is 0 Å². The molecule has 2 aromatic carbocycles. The zero-order chi connectivity index (χ0) is 19.9. The van der Waals surface area contributed by atoms with Crippen LogP contribution in [0.15, 0.2) is 54.6 Å². The Morgan fingerprint density at radius 3 is 2.22 bits per heavy atom. The number of amides is 1. The second-order valence-electron chi connectivity index (χ2n) is 6.34. The third-order valence-electron chi connectivity index (χ3n) is 3.83. The van der Waals surface area contributed by atoms with Gasteiger partial charge in [-0.2, -0.15) is 0 Å². The number of ether oxygens (including phenoxy) is 1. The second-order valence-corrected chi connectivity index (χ2v) is 8.48. The average Bonchev–Trinajstić information content (AvgIpc) is 2.61. The molecule has 27 heavy (non-hydrogen) atoms. The van der Waals surface area contributed by atoms with E-state index in [1.165, 1.54) is 19.1 Å². The molecule has 2 aromatic rings. The van der Waals surface area contributed by atoms with Gasteiger partial charge in [0, 0.05) is 12.8 Å². The van der Waals surface area contributed by atoms with E-state index in [0.717, 1.165) is 11.8 Å². The molecule has 1 atom stereocenters. The quantitative estimate of drug-likeness (QED) is 0.699. The number of sulfone groups is 1. The molecule has 0 heterocycles. The molecule has 0 aliphatic heterocycles. The first kappa shape index (κ1) is 20.6. The predicted molar refractivity (Wildman–Crippen MR) is 103 cm³/mol. The smallest absolute Gasteiger partial charge is 0.338 e. The van der Waals surface area contributed by atoms with E-state index < -0.39 is 21.9 Å². The van der Waals surface area contributed by atoms with Crippen molar-refractivity contribution in [3.63, 3.8) is 0 Å². The molecule has 2 rings (SSSR count). The van der Waals surface area contributed by atoms with Crippen molar-refractivity contribution in [1.29, 1.82) is 0 Å². The van der Waals surface area contributed by atoms with E-state index in [0.29, 0.717) is 18.5 Å². The van der Waals surface area contributed by atoms with Gasteiger partial charge in [-0.25, -0.2) is 13.2 Å². The van der Waals surface area contributed by atoms with Crippen molar-refractivity contribution in [1.82, 2.24) is 5.32 Å². The zero-order valence-corrected chi connectivity index (χ0v) is 16.2. The van der Waals surface area contributed by atoms with Gasteiger partial charge in [0.2, 0.25) is 0 Å². The molecule has 0 aromatic heterocycles. The summed E-state index contributed by atoms with van der Waals surface area (Å²) in [7, 11) is -3.14. The molecule has 0 radical (unpaired) electrons. The van der Waals surface area contributed by atoms with Crippen molar-refractivity contribution in [2.24, 2.45) is 0 Å². The first-order valence-corrected chi connectivity index (χ1v) is 10.6. The van der Waals surface area contributed by atoms with E-state index in [1.807, 2.05) is 30.3 Å². The molecular formula is C20H23NO5S. The van der Waals surface area contributed by atoms with E-state index in [4.69, 9.17) is 4.74 Å². The fourth-order valence-electron chi connectivity index (χ4n) is 2.44. The monoisotopic (exact) mass is 389 g/mol. The molecule has 0 spiro atoms. The maximum atomic E-state index is 12.1. The number of rotatable bonds is 8. The van der Waals surface area contributed by atoms with Crippen LogP contribution in [0.5, 0.6) is 0 Å². The Balaban J connectivity index is 1.82. The lowest BCUT2D eigenvalue weighted by molar-refractivity contribution is -0.129. The van der Waals surface area contributed by atoms with Gasteiger partial charge in [0.05, 0.1) is 11.3 Å². The number of hydrogen-bond acceptors (Lipinski definition) is 5. The van der Waals surface area contributed by atoms with E-state index in [1.54, 1.807) is 12.1 Å². The van der Waals surface area contributed by atoms with Crippen LogP contribution in [0.3, 0.4) is 0 Å². The number of benzene rings is 2. The van der Waals surface area contributed by atoms with Crippen LogP contribution in [0.25, 0.3) is 0 Å². The summed E-state index contributed by atoms with van der Waals surface area (Å²) in [5, 5.41) is 2.74. The van der Waals surface area contributed by atoms with E-state index in [2.05, 4.69) is 5.32 Å². The normalized spacial score (nSPS) is 12.2. The first-order valence-electron chi connectivity index (χ1n) is 8.54. The summed E-state index contributed by atoms with van der Waals surface area (Å²) in [4.78, 5) is 24.2. The summed E-state index contributed by atoms with van der Waals surface area (Å²) in [6.45, 7) is 1.96. The van der Waals surface area contributed by atoms with Gasteiger partial charge in [-0.15, -0.1) is 0 Å². The van der Waals surface area contributed by atoms with Crippen LogP contribution in [-0.4, -0.2) is 39.2 Å². The average molecular weight is 389 g/mol. The Labute approximate surface area is 159 Å². The van der Waals surface area contributed by atoms with Crippen molar-refractivity contribution < 1.29 is 22.7 Å². The van der Waals surface area contributed by atoms with Crippen molar-refractivity contribution in [2.75, 3.05) is 12.8 Å². The first-order chi connectivity index (χ1) is 12.7. The SMILES string of the molecule is C[C@@H](OC(=O)c1ccc(CS(C)(=O)=O)cc1)C(=O)NCCc1ccccc1. The Morgan fingerprint density at radius 2 is 1.63 bits per heavy atom. The fraction of sp³-hybridized carbons (Fsp3) is 0.300. The summed E-state index contributed by atoms with van der Waals surface area (Å²) in [6, 6.07) is 15.8. The molecule has 1 amide bonds. The molecule has 0 saturated carbocycles. The number of nitrogens with one attached hydrogen (secondary N) is 1. The minimum atomic E-state index is -3.14. The molecule has 0 fully saturated rings. The summed E-state index contributed by atoms with van der Waals surface area (Å²) in [6.07, 6.45) is 0.909. The van der Waals surface area contributed by atoms with Crippen LogP contribution in [0.1, 0.15) is 28.4 Å². The van der Waals surface area contributed by atoms with Crippen LogP contribution in [0.2, 0.25) is 0 Å². The molecule has 7 heteroatoms. The maximum Gasteiger partial charge on any atom is 0.338 e. The van der Waals surface area contributed by atoms with Gasteiger partial charge in [-0.3, -0.25) is 4.79 Å². The van der Waals surface area contributed by atoms with E-state index in [-0.39, 0.29) is 17.2 Å². The molecule has 6 nitrogen and oxygen atoms in total. The van der Waals surface area contributed by atoms with Gasteiger partial charge >= 0.3 is 5.97 Å². The van der Waals surface area contributed by atoms with Crippen LogP contribution < -0.4 is 5.32 Å². The highest BCUT2D eigenvalue weighted by Gasteiger charge is 2.18. The van der Waals surface area contributed by atoms with Gasteiger partial charge in [-0.05, 0) is 36.6 Å². The number of carbonyl (C=O) groups excluding carboxylic acids is 2. The Kier molecular flexibility index (Phi) is 7.12. The molecular weight excluding hydrogens is 366 g/mol. The van der Waals surface area contributed by atoms with Crippen LogP contribution in [0, 0.1) is 0 Å². The molecule has 0 aliphatic carbocycles.